The number of aromatic nitrogens is 4. The third-order valence-electron chi connectivity index (χ3n) is 3.46. The molecule has 0 amide bonds. The number of aromatic amines is 1. The van der Waals surface area contributed by atoms with E-state index in [0.29, 0.717) is 28.8 Å². The number of ether oxygens (including phenoxy) is 2. The van der Waals surface area contributed by atoms with Gasteiger partial charge in [-0.15, -0.1) is 0 Å². The minimum Gasteiger partial charge on any atom is -0.493 e. The van der Waals surface area contributed by atoms with E-state index in [2.05, 4.69) is 20.2 Å². The number of methoxy groups -OCH3 is 2. The Kier molecular flexibility index (Phi) is 4.20. The molecule has 0 spiro atoms. The van der Waals surface area contributed by atoms with Gasteiger partial charge in [-0.05, 0) is 29.8 Å². The molecular weight excluding hydrogens is 294 g/mol. The first-order chi connectivity index (χ1) is 11.2. The zero-order valence-electron chi connectivity index (χ0n) is 12.9. The standard InChI is InChI=1S/C16H17N5O2/c1-22-12-7-6-10(9-13(12)23-2)14(17)16-19-15(20-21-16)11-5-3-4-8-18-11/h3-9,14H,17H2,1-2H3,(H,19,20,21)/t14-/m1/s1. The number of hydrogen-bond donors (Lipinski definition) is 2. The van der Waals surface area contributed by atoms with E-state index < -0.39 is 6.04 Å². The van der Waals surface area contributed by atoms with Crippen LogP contribution < -0.4 is 15.2 Å². The Morgan fingerprint density at radius 2 is 1.91 bits per heavy atom. The lowest BCUT2D eigenvalue weighted by atomic mass is 10.1. The normalized spacial score (nSPS) is 12.0. The van der Waals surface area contributed by atoms with Crippen molar-refractivity contribution in [2.24, 2.45) is 5.73 Å². The summed E-state index contributed by atoms with van der Waals surface area (Å²) in [7, 11) is 3.17. The molecule has 2 heterocycles. The second kappa shape index (κ2) is 6.45. The summed E-state index contributed by atoms with van der Waals surface area (Å²) in [6.07, 6.45) is 1.69. The lowest BCUT2D eigenvalue weighted by Gasteiger charge is -2.12. The first kappa shape index (κ1) is 15.0. The van der Waals surface area contributed by atoms with Crippen LogP contribution >= 0.6 is 0 Å². The predicted molar refractivity (Wildman–Crippen MR) is 85.2 cm³/mol. The fraction of sp³-hybridized carbons (Fsp3) is 0.188. The van der Waals surface area contributed by atoms with Crippen LogP contribution in [0.15, 0.2) is 42.6 Å². The van der Waals surface area contributed by atoms with E-state index in [1.807, 2.05) is 36.4 Å². The van der Waals surface area contributed by atoms with Crippen LogP contribution in [0.3, 0.4) is 0 Å². The van der Waals surface area contributed by atoms with Gasteiger partial charge in [0.25, 0.3) is 0 Å². The van der Waals surface area contributed by atoms with Gasteiger partial charge < -0.3 is 15.2 Å². The molecule has 1 aromatic carbocycles. The van der Waals surface area contributed by atoms with Crippen molar-refractivity contribution in [3.8, 4) is 23.0 Å². The van der Waals surface area contributed by atoms with E-state index in [4.69, 9.17) is 15.2 Å². The quantitative estimate of drug-likeness (QED) is 0.747. The molecule has 1 atom stereocenters. The highest BCUT2D eigenvalue weighted by molar-refractivity contribution is 5.49. The monoisotopic (exact) mass is 311 g/mol. The van der Waals surface area contributed by atoms with Gasteiger partial charge in [0.15, 0.2) is 17.3 Å². The van der Waals surface area contributed by atoms with E-state index in [1.165, 1.54) is 0 Å². The average molecular weight is 311 g/mol. The summed E-state index contributed by atoms with van der Waals surface area (Å²) in [5, 5.41) is 7.05. The van der Waals surface area contributed by atoms with Gasteiger partial charge in [0.05, 0.1) is 20.3 Å². The van der Waals surface area contributed by atoms with Crippen LogP contribution in [0.2, 0.25) is 0 Å². The molecule has 118 valence electrons. The van der Waals surface area contributed by atoms with Crippen molar-refractivity contribution in [3.63, 3.8) is 0 Å². The van der Waals surface area contributed by atoms with Gasteiger partial charge in [-0.25, -0.2) is 4.98 Å². The topological polar surface area (TPSA) is 98.9 Å². The van der Waals surface area contributed by atoms with E-state index in [9.17, 15) is 0 Å². The number of nitrogens with one attached hydrogen (secondary N) is 1. The minimum atomic E-state index is -0.459. The maximum Gasteiger partial charge on any atom is 0.199 e. The number of benzene rings is 1. The van der Waals surface area contributed by atoms with Gasteiger partial charge >= 0.3 is 0 Å². The minimum absolute atomic E-state index is 0.459. The fourth-order valence-corrected chi connectivity index (χ4v) is 2.23. The fourth-order valence-electron chi connectivity index (χ4n) is 2.23. The molecule has 7 nitrogen and oxygen atoms in total. The lowest BCUT2D eigenvalue weighted by Crippen LogP contribution is -2.14. The Hall–Kier alpha value is -2.93. The Labute approximate surface area is 133 Å². The predicted octanol–water partition coefficient (Wildman–Crippen LogP) is 1.93. The summed E-state index contributed by atoms with van der Waals surface area (Å²) in [4.78, 5) is 8.65. The second-order valence-electron chi connectivity index (χ2n) is 4.85. The molecule has 3 N–H and O–H groups in total. The van der Waals surface area contributed by atoms with Crippen LogP contribution in [0.1, 0.15) is 17.4 Å². The SMILES string of the molecule is COc1ccc([C@@H](N)c2nc(-c3ccccn3)n[nH]2)cc1OC. The van der Waals surface area contributed by atoms with Crippen molar-refractivity contribution in [2.45, 2.75) is 6.04 Å². The first-order valence-electron chi connectivity index (χ1n) is 7.04. The lowest BCUT2D eigenvalue weighted by molar-refractivity contribution is 0.354. The van der Waals surface area contributed by atoms with E-state index in [-0.39, 0.29) is 0 Å². The summed E-state index contributed by atoms with van der Waals surface area (Å²) in [5.41, 5.74) is 7.80. The number of nitrogens with two attached hydrogens (primary N) is 1. The Morgan fingerprint density at radius 3 is 2.61 bits per heavy atom. The van der Waals surface area contributed by atoms with E-state index in [1.54, 1.807) is 20.4 Å². The highest BCUT2D eigenvalue weighted by atomic mass is 16.5. The summed E-state index contributed by atoms with van der Waals surface area (Å²) in [5.74, 6) is 2.33. The number of hydrogen-bond acceptors (Lipinski definition) is 6. The van der Waals surface area contributed by atoms with Crippen LogP contribution in [0.5, 0.6) is 11.5 Å². The zero-order chi connectivity index (χ0) is 16.2. The van der Waals surface area contributed by atoms with Crippen LogP contribution in [0.25, 0.3) is 11.5 Å². The van der Waals surface area contributed by atoms with Gasteiger partial charge in [0, 0.05) is 6.20 Å². The molecule has 0 aliphatic carbocycles. The molecule has 2 aromatic heterocycles. The molecule has 0 unspecified atom stereocenters. The van der Waals surface area contributed by atoms with E-state index in [0.717, 1.165) is 5.56 Å². The number of rotatable bonds is 5. The summed E-state index contributed by atoms with van der Waals surface area (Å²) in [6, 6.07) is 10.6. The molecule has 0 bridgehead atoms. The number of pyridine rings is 1. The second-order valence-corrected chi connectivity index (χ2v) is 4.85. The molecule has 23 heavy (non-hydrogen) atoms. The summed E-state index contributed by atoms with van der Waals surface area (Å²) >= 11 is 0. The van der Waals surface area contributed by atoms with Crippen LogP contribution in [-0.4, -0.2) is 34.4 Å². The van der Waals surface area contributed by atoms with Crippen LogP contribution in [0, 0.1) is 0 Å². The van der Waals surface area contributed by atoms with Crippen molar-refractivity contribution < 1.29 is 9.47 Å². The molecule has 7 heteroatoms. The van der Waals surface area contributed by atoms with Crippen LogP contribution in [-0.2, 0) is 0 Å². The van der Waals surface area contributed by atoms with Gasteiger partial charge in [-0.1, -0.05) is 12.1 Å². The molecule has 0 saturated carbocycles. The van der Waals surface area contributed by atoms with E-state index >= 15 is 0 Å². The Morgan fingerprint density at radius 1 is 1.09 bits per heavy atom. The summed E-state index contributed by atoms with van der Waals surface area (Å²) < 4.78 is 10.5. The maximum absolute atomic E-state index is 6.27. The molecule has 0 fully saturated rings. The molecule has 0 aliphatic rings. The zero-order valence-corrected chi connectivity index (χ0v) is 12.9. The first-order valence-corrected chi connectivity index (χ1v) is 7.04. The van der Waals surface area contributed by atoms with Crippen molar-refractivity contribution in [1.82, 2.24) is 20.2 Å². The summed E-state index contributed by atoms with van der Waals surface area (Å²) in [6.45, 7) is 0. The smallest absolute Gasteiger partial charge is 0.199 e. The number of nitrogens with zero attached hydrogens (tertiary/aromatic N) is 3. The average Bonchev–Trinajstić information content (AvgIpc) is 3.11. The van der Waals surface area contributed by atoms with Crippen molar-refractivity contribution in [1.29, 1.82) is 0 Å². The van der Waals surface area contributed by atoms with Gasteiger partial charge in [-0.3, -0.25) is 10.1 Å². The Bertz CT molecular complexity index is 788. The molecule has 0 aliphatic heterocycles. The van der Waals surface area contributed by atoms with Crippen molar-refractivity contribution >= 4 is 0 Å². The third kappa shape index (κ3) is 3.00. The largest absolute Gasteiger partial charge is 0.493 e. The van der Waals surface area contributed by atoms with Crippen molar-refractivity contribution in [3.05, 3.63) is 54.0 Å². The highest BCUT2D eigenvalue weighted by Gasteiger charge is 2.17. The Balaban J connectivity index is 1.89. The van der Waals surface area contributed by atoms with Crippen LogP contribution in [0.4, 0.5) is 0 Å². The molecule has 3 aromatic rings. The van der Waals surface area contributed by atoms with Crippen molar-refractivity contribution in [2.75, 3.05) is 14.2 Å². The maximum atomic E-state index is 6.27. The third-order valence-corrected chi connectivity index (χ3v) is 3.46. The highest BCUT2D eigenvalue weighted by Crippen LogP contribution is 2.30. The molecule has 0 radical (unpaired) electrons. The van der Waals surface area contributed by atoms with Gasteiger partial charge in [0.1, 0.15) is 11.5 Å². The van der Waals surface area contributed by atoms with Gasteiger partial charge in [-0.2, -0.15) is 5.10 Å². The molecule has 3 rings (SSSR count). The number of H-pyrrole nitrogens is 1. The van der Waals surface area contributed by atoms with Gasteiger partial charge in [0.2, 0.25) is 0 Å². The molecule has 0 saturated heterocycles. The molecular formula is C16H17N5O2.